The maximum atomic E-state index is 13.3. The highest BCUT2D eigenvalue weighted by atomic mass is 32.2. The number of sulfonamides is 1. The van der Waals surface area contributed by atoms with Gasteiger partial charge in [0.1, 0.15) is 0 Å². The van der Waals surface area contributed by atoms with E-state index in [1.807, 2.05) is 6.92 Å². The van der Waals surface area contributed by atoms with Crippen LogP contribution >= 0.6 is 0 Å². The predicted octanol–water partition coefficient (Wildman–Crippen LogP) is 0.392. The number of pyridine rings is 1. The molecule has 0 radical (unpaired) electrons. The highest BCUT2D eigenvalue weighted by molar-refractivity contribution is 7.89. The van der Waals surface area contributed by atoms with Crippen LogP contribution in [0.1, 0.15) is 46.5 Å². The fourth-order valence-corrected chi connectivity index (χ4v) is 4.81. The van der Waals surface area contributed by atoms with Crippen molar-refractivity contribution in [1.82, 2.24) is 14.6 Å². The third-order valence-electron chi connectivity index (χ3n) is 5.35. The van der Waals surface area contributed by atoms with Crippen LogP contribution in [0.5, 0.6) is 0 Å². The molecule has 0 aliphatic carbocycles. The van der Waals surface area contributed by atoms with Crippen LogP contribution in [0.25, 0.3) is 0 Å². The lowest BCUT2D eigenvalue weighted by Gasteiger charge is -2.33. The van der Waals surface area contributed by atoms with Crippen molar-refractivity contribution in [3.63, 3.8) is 0 Å². The van der Waals surface area contributed by atoms with Crippen molar-refractivity contribution in [3.8, 4) is 0 Å². The molecule has 2 amide bonds. The zero-order valence-electron chi connectivity index (χ0n) is 17.0. The molecule has 1 aromatic heterocycles. The number of hydrogen-bond acceptors (Lipinski definition) is 7. The van der Waals surface area contributed by atoms with Crippen LogP contribution in [0.15, 0.2) is 29.4 Å². The molecule has 0 aromatic carbocycles. The Balaban J connectivity index is 2.40. The van der Waals surface area contributed by atoms with E-state index >= 15 is 0 Å². The first kappa shape index (κ1) is 23.2. The lowest BCUT2D eigenvalue weighted by atomic mass is 9.87. The molecule has 1 aliphatic heterocycles. The molecule has 3 atom stereocenters. The van der Waals surface area contributed by atoms with Crippen LogP contribution in [-0.4, -0.2) is 59.4 Å². The molecule has 1 fully saturated rings. The van der Waals surface area contributed by atoms with Gasteiger partial charge < -0.3 is 16.2 Å². The number of nitrogens with two attached hydrogens (primary N) is 1. The summed E-state index contributed by atoms with van der Waals surface area (Å²) in [6.45, 7) is 5.31. The molecule has 162 valence electrons. The summed E-state index contributed by atoms with van der Waals surface area (Å²) in [6, 6.07) is 3.56. The molecule has 2 rings (SSSR count). The Morgan fingerprint density at radius 1 is 1.34 bits per heavy atom. The van der Waals surface area contributed by atoms with E-state index in [0.29, 0.717) is 12.8 Å². The maximum Gasteiger partial charge on any atom is 0.284 e. The van der Waals surface area contributed by atoms with E-state index in [0.717, 1.165) is 4.31 Å². The molecule has 29 heavy (non-hydrogen) atoms. The molecule has 4 N–H and O–H groups in total. The third kappa shape index (κ3) is 5.52. The van der Waals surface area contributed by atoms with Crippen molar-refractivity contribution in [2.45, 2.75) is 69.7 Å². The van der Waals surface area contributed by atoms with Crippen molar-refractivity contribution in [2.75, 3.05) is 6.54 Å². The minimum atomic E-state index is -4.29. The predicted molar refractivity (Wildman–Crippen MR) is 107 cm³/mol. The van der Waals surface area contributed by atoms with Crippen LogP contribution in [0, 0.1) is 5.41 Å². The second-order valence-corrected chi connectivity index (χ2v) is 9.89. The minimum absolute atomic E-state index is 0.0814. The monoisotopic (exact) mass is 426 g/mol. The molecule has 1 aromatic rings. The van der Waals surface area contributed by atoms with Gasteiger partial charge in [0.25, 0.3) is 10.0 Å². The highest BCUT2D eigenvalue weighted by Gasteiger charge is 2.41. The summed E-state index contributed by atoms with van der Waals surface area (Å²) in [4.78, 5) is 28.6. The molecule has 0 bridgehead atoms. The van der Waals surface area contributed by atoms with Crippen LogP contribution in [0.4, 0.5) is 0 Å². The van der Waals surface area contributed by atoms with Gasteiger partial charge in [-0.05, 0) is 38.3 Å². The number of aromatic nitrogens is 1. The zero-order valence-corrected chi connectivity index (χ0v) is 17.9. The summed E-state index contributed by atoms with van der Waals surface area (Å²) in [5.41, 5.74) is 4.41. The van der Waals surface area contributed by atoms with Gasteiger partial charge in [-0.15, -0.1) is 0 Å². The number of hydrogen-bond donors (Lipinski definition) is 3. The molecule has 1 saturated heterocycles. The molecule has 1 aliphatic rings. The third-order valence-corrected chi connectivity index (χ3v) is 7.12. The SMILES string of the molecule is C[C@@H]1CC[C@H](N(C(=O)CCC(C)(C)C(N)=O)S(=O)(=O)c2ccccn2)[C@@H](O)CN1. The van der Waals surface area contributed by atoms with Gasteiger partial charge in [0.05, 0.1) is 12.1 Å². The van der Waals surface area contributed by atoms with Gasteiger partial charge in [-0.25, -0.2) is 9.29 Å². The van der Waals surface area contributed by atoms with Crippen LogP contribution in [0.3, 0.4) is 0 Å². The van der Waals surface area contributed by atoms with Crippen LogP contribution in [0.2, 0.25) is 0 Å². The Morgan fingerprint density at radius 3 is 2.62 bits per heavy atom. The number of primary amides is 1. The summed E-state index contributed by atoms with van der Waals surface area (Å²) < 4.78 is 27.3. The zero-order chi connectivity index (χ0) is 21.8. The van der Waals surface area contributed by atoms with E-state index in [2.05, 4.69) is 10.3 Å². The molecule has 0 spiro atoms. The average Bonchev–Trinajstić information content (AvgIpc) is 2.83. The molecule has 0 saturated carbocycles. The van der Waals surface area contributed by atoms with E-state index in [-0.39, 0.29) is 30.5 Å². The van der Waals surface area contributed by atoms with Gasteiger partial charge in [-0.3, -0.25) is 9.59 Å². The number of amides is 2. The summed E-state index contributed by atoms with van der Waals surface area (Å²) in [5.74, 6) is -1.26. The Labute approximate surface area is 171 Å². The van der Waals surface area contributed by atoms with Crippen molar-refractivity contribution >= 4 is 21.8 Å². The molecule has 2 heterocycles. The lowest BCUT2D eigenvalue weighted by Crippen LogP contribution is -2.52. The Hall–Kier alpha value is -2.04. The highest BCUT2D eigenvalue weighted by Crippen LogP contribution is 2.28. The van der Waals surface area contributed by atoms with Crippen molar-refractivity contribution in [1.29, 1.82) is 0 Å². The largest absolute Gasteiger partial charge is 0.390 e. The smallest absolute Gasteiger partial charge is 0.284 e. The summed E-state index contributed by atoms with van der Waals surface area (Å²) >= 11 is 0. The summed E-state index contributed by atoms with van der Waals surface area (Å²) in [5, 5.41) is 13.5. The van der Waals surface area contributed by atoms with Crippen molar-refractivity contribution in [3.05, 3.63) is 24.4 Å². The van der Waals surface area contributed by atoms with Gasteiger partial charge in [0.2, 0.25) is 11.8 Å². The van der Waals surface area contributed by atoms with Crippen molar-refractivity contribution < 1.29 is 23.1 Å². The lowest BCUT2D eigenvalue weighted by molar-refractivity contribution is -0.131. The van der Waals surface area contributed by atoms with Crippen LogP contribution in [-0.2, 0) is 19.6 Å². The average molecular weight is 427 g/mol. The van der Waals surface area contributed by atoms with E-state index in [4.69, 9.17) is 5.73 Å². The number of carbonyl (C=O) groups excluding carboxylic acids is 2. The Morgan fingerprint density at radius 2 is 2.03 bits per heavy atom. The first-order valence-electron chi connectivity index (χ1n) is 9.66. The van der Waals surface area contributed by atoms with Gasteiger partial charge in [0, 0.05) is 30.6 Å². The minimum Gasteiger partial charge on any atom is -0.390 e. The number of aliphatic hydroxyl groups is 1. The number of β-amino-alcohol motifs (C(OH)–C–C–N with tert-alkyl or cyclic N) is 1. The van der Waals surface area contributed by atoms with Gasteiger partial charge >= 0.3 is 0 Å². The number of carbonyl (C=O) groups is 2. The molecule has 10 heteroatoms. The van der Waals surface area contributed by atoms with E-state index < -0.39 is 39.4 Å². The first-order chi connectivity index (χ1) is 13.5. The van der Waals surface area contributed by atoms with E-state index in [1.165, 1.54) is 18.3 Å². The summed E-state index contributed by atoms with van der Waals surface area (Å²) in [6.07, 6.45) is 1.06. The second-order valence-electron chi connectivity index (χ2n) is 8.13. The number of rotatable bonds is 7. The standard InChI is InChI=1S/C19H30N4O5S/c1-13-7-8-14(15(24)12-22-13)23(17(25)9-10-19(2,3)18(20)26)29(27,28)16-6-4-5-11-21-16/h4-6,11,13-15,22,24H,7-10,12H2,1-3H3,(H2,20,26)/t13-,14+,15+/m1/s1. The summed E-state index contributed by atoms with van der Waals surface area (Å²) in [7, 11) is -4.29. The molecular formula is C19H30N4O5S. The van der Waals surface area contributed by atoms with Gasteiger partial charge in [-0.1, -0.05) is 19.9 Å². The van der Waals surface area contributed by atoms with Crippen molar-refractivity contribution in [2.24, 2.45) is 11.1 Å². The second kappa shape index (κ2) is 9.19. The molecular weight excluding hydrogens is 396 g/mol. The molecule has 9 nitrogen and oxygen atoms in total. The van der Waals surface area contributed by atoms with Crippen LogP contribution < -0.4 is 11.1 Å². The Kier molecular flexibility index (Phi) is 7.36. The molecule has 0 unspecified atom stereocenters. The fraction of sp³-hybridized carbons (Fsp3) is 0.632. The number of nitrogens with one attached hydrogen (secondary N) is 1. The fourth-order valence-electron chi connectivity index (χ4n) is 3.20. The van der Waals surface area contributed by atoms with Gasteiger partial charge in [-0.2, -0.15) is 8.42 Å². The topological polar surface area (TPSA) is 143 Å². The quantitative estimate of drug-likeness (QED) is 0.572. The Bertz CT molecular complexity index is 828. The maximum absolute atomic E-state index is 13.3. The first-order valence-corrected chi connectivity index (χ1v) is 11.1. The number of aliphatic hydroxyl groups excluding tert-OH is 1. The van der Waals surface area contributed by atoms with E-state index in [9.17, 15) is 23.1 Å². The normalized spacial score (nSPS) is 23.2. The van der Waals surface area contributed by atoms with E-state index in [1.54, 1.807) is 19.9 Å². The van der Waals surface area contributed by atoms with Gasteiger partial charge in [0.15, 0.2) is 5.03 Å². The number of nitrogens with zero attached hydrogens (tertiary/aromatic N) is 2.